The zero-order valence-corrected chi connectivity index (χ0v) is 22.1. The molecule has 4 aromatic carbocycles. The number of sulfonamides is 1. The van der Waals surface area contributed by atoms with Gasteiger partial charge in [0, 0.05) is 16.3 Å². The maximum Gasteiger partial charge on any atom is 0.261 e. The van der Waals surface area contributed by atoms with Gasteiger partial charge in [0.2, 0.25) is 0 Å². The van der Waals surface area contributed by atoms with E-state index in [-0.39, 0.29) is 10.8 Å². The van der Waals surface area contributed by atoms with Crippen LogP contribution in [0.15, 0.2) is 102 Å². The molecule has 5 aromatic rings. The second-order valence-corrected chi connectivity index (χ2v) is 11.6. The molecule has 0 fully saturated rings. The van der Waals surface area contributed by atoms with Crippen molar-refractivity contribution in [3.63, 3.8) is 0 Å². The number of rotatable bonds is 7. The van der Waals surface area contributed by atoms with Crippen LogP contribution in [0.25, 0.3) is 10.2 Å². The number of benzene rings is 4. The zero-order valence-electron chi connectivity index (χ0n) is 19.8. The van der Waals surface area contributed by atoms with E-state index >= 15 is 0 Å². The van der Waals surface area contributed by atoms with E-state index in [1.165, 1.54) is 23.5 Å². The van der Waals surface area contributed by atoms with Gasteiger partial charge in [-0.1, -0.05) is 71.5 Å². The van der Waals surface area contributed by atoms with Crippen molar-refractivity contribution in [3.8, 4) is 0 Å². The van der Waals surface area contributed by atoms with Crippen molar-refractivity contribution in [2.75, 3.05) is 9.62 Å². The van der Waals surface area contributed by atoms with Crippen molar-refractivity contribution in [2.24, 2.45) is 0 Å². The Morgan fingerprint density at radius 3 is 2.27 bits per heavy atom. The van der Waals surface area contributed by atoms with Gasteiger partial charge in [0.1, 0.15) is 0 Å². The smallest absolute Gasteiger partial charge is 0.261 e. The Morgan fingerprint density at radius 1 is 0.946 bits per heavy atom. The highest BCUT2D eigenvalue weighted by Crippen LogP contribution is 2.34. The molecule has 0 aliphatic carbocycles. The van der Waals surface area contributed by atoms with E-state index in [1.807, 2.05) is 49.4 Å². The van der Waals surface area contributed by atoms with Crippen LogP contribution < -0.4 is 9.62 Å². The average molecular weight is 548 g/mol. The van der Waals surface area contributed by atoms with Crippen LogP contribution in [0.3, 0.4) is 0 Å². The van der Waals surface area contributed by atoms with Crippen LogP contribution in [-0.2, 0) is 16.6 Å². The van der Waals surface area contributed by atoms with Gasteiger partial charge in [-0.25, -0.2) is 13.4 Å². The second kappa shape index (κ2) is 10.3. The van der Waals surface area contributed by atoms with Crippen LogP contribution in [-0.4, -0.2) is 19.3 Å². The number of anilines is 2. The Morgan fingerprint density at radius 2 is 1.59 bits per heavy atom. The van der Waals surface area contributed by atoms with Crippen LogP contribution in [0.1, 0.15) is 21.5 Å². The highest BCUT2D eigenvalue weighted by atomic mass is 35.5. The summed E-state index contributed by atoms with van der Waals surface area (Å²) in [7, 11) is -3.73. The average Bonchev–Trinajstić information content (AvgIpc) is 3.32. The number of carbonyl (C=O) groups is 1. The van der Waals surface area contributed by atoms with Gasteiger partial charge >= 0.3 is 0 Å². The van der Waals surface area contributed by atoms with Crippen LogP contribution in [0.4, 0.5) is 10.8 Å². The summed E-state index contributed by atoms with van der Waals surface area (Å²) in [6, 6.07) is 27.9. The fraction of sp³-hybridized carbons (Fsp3) is 0.0714. The summed E-state index contributed by atoms with van der Waals surface area (Å²) in [6.45, 7) is 2.27. The number of aromatic nitrogens is 1. The van der Waals surface area contributed by atoms with E-state index in [2.05, 4.69) is 4.72 Å². The van der Waals surface area contributed by atoms with Gasteiger partial charge in [-0.05, 0) is 66.6 Å². The van der Waals surface area contributed by atoms with E-state index in [0.29, 0.717) is 27.9 Å². The number of nitrogens with zero attached hydrogens (tertiary/aromatic N) is 2. The lowest BCUT2D eigenvalue weighted by Crippen LogP contribution is -2.30. The highest BCUT2D eigenvalue weighted by Gasteiger charge is 2.23. The minimum absolute atomic E-state index is 0.162. The molecular weight excluding hydrogens is 526 g/mol. The molecule has 0 aliphatic heterocycles. The summed E-state index contributed by atoms with van der Waals surface area (Å²) in [6.07, 6.45) is 0. The number of carbonyl (C=O) groups excluding carboxylic acids is 1. The molecule has 1 amide bonds. The van der Waals surface area contributed by atoms with Crippen LogP contribution >= 0.6 is 22.9 Å². The Balaban J connectivity index is 1.46. The summed E-state index contributed by atoms with van der Waals surface area (Å²) >= 11 is 7.65. The first-order valence-electron chi connectivity index (χ1n) is 11.4. The first kappa shape index (κ1) is 25.0. The summed E-state index contributed by atoms with van der Waals surface area (Å²) < 4.78 is 28.8. The highest BCUT2D eigenvalue weighted by molar-refractivity contribution is 7.92. The molecule has 186 valence electrons. The van der Waals surface area contributed by atoms with Gasteiger partial charge < -0.3 is 0 Å². The molecule has 9 heteroatoms. The Kier molecular flexibility index (Phi) is 6.97. The number of aryl methyl sites for hydroxylation is 1. The van der Waals surface area contributed by atoms with Gasteiger partial charge in [-0.15, -0.1) is 0 Å². The Bertz CT molecular complexity index is 1670. The molecule has 5 rings (SSSR count). The standard InChI is InChI=1S/C28H22ClN3O3S2/c1-19-16-22(29)17-25-26(19)30-28(36-25)32(18-20-8-4-2-5-9-20)27(33)21-12-14-23(15-13-21)31-37(34,35)24-10-6-3-7-11-24/h2-17,31H,18H2,1H3. The van der Waals surface area contributed by atoms with E-state index < -0.39 is 10.0 Å². The van der Waals surface area contributed by atoms with Crippen molar-refractivity contribution < 1.29 is 13.2 Å². The maximum absolute atomic E-state index is 13.7. The number of halogens is 1. The molecule has 1 aromatic heterocycles. The first-order valence-corrected chi connectivity index (χ1v) is 14.1. The Hall–Kier alpha value is -3.72. The quantitative estimate of drug-likeness (QED) is 0.240. The van der Waals surface area contributed by atoms with Crippen molar-refractivity contribution in [1.29, 1.82) is 0 Å². The predicted molar refractivity (Wildman–Crippen MR) is 150 cm³/mol. The maximum atomic E-state index is 13.7. The van der Waals surface area contributed by atoms with Crippen LogP contribution in [0, 0.1) is 6.92 Å². The molecule has 0 unspecified atom stereocenters. The van der Waals surface area contributed by atoms with Crippen molar-refractivity contribution in [1.82, 2.24) is 4.98 Å². The van der Waals surface area contributed by atoms with E-state index in [9.17, 15) is 13.2 Å². The third-order valence-corrected chi connectivity index (χ3v) is 8.38. The largest absolute Gasteiger partial charge is 0.280 e. The number of nitrogens with one attached hydrogen (secondary N) is 1. The number of thiazole rings is 1. The predicted octanol–water partition coefficient (Wildman–Crippen LogP) is 6.91. The van der Waals surface area contributed by atoms with E-state index in [0.717, 1.165) is 21.3 Å². The normalized spacial score (nSPS) is 11.4. The third kappa shape index (κ3) is 5.51. The van der Waals surface area contributed by atoms with E-state index in [1.54, 1.807) is 47.4 Å². The Labute approximate surface area is 224 Å². The van der Waals surface area contributed by atoms with Gasteiger partial charge in [0.25, 0.3) is 15.9 Å². The molecule has 0 saturated heterocycles. The van der Waals surface area contributed by atoms with Crippen molar-refractivity contribution in [3.05, 3.63) is 119 Å². The fourth-order valence-corrected chi connectivity index (χ4v) is 6.40. The first-order chi connectivity index (χ1) is 17.8. The van der Waals surface area contributed by atoms with E-state index in [4.69, 9.17) is 16.6 Å². The minimum Gasteiger partial charge on any atom is -0.280 e. The summed E-state index contributed by atoms with van der Waals surface area (Å²) in [5.74, 6) is -0.246. The summed E-state index contributed by atoms with van der Waals surface area (Å²) in [5, 5.41) is 1.18. The number of amides is 1. The molecule has 0 radical (unpaired) electrons. The van der Waals surface area contributed by atoms with Crippen molar-refractivity contribution >= 4 is 59.9 Å². The monoisotopic (exact) mass is 547 g/mol. The lowest BCUT2D eigenvalue weighted by atomic mass is 10.1. The molecule has 0 aliphatic rings. The summed E-state index contributed by atoms with van der Waals surface area (Å²) in [5.41, 5.74) is 3.47. The molecule has 0 atom stereocenters. The lowest BCUT2D eigenvalue weighted by Gasteiger charge is -2.20. The van der Waals surface area contributed by atoms with Crippen molar-refractivity contribution in [2.45, 2.75) is 18.4 Å². The van der Waals surface area contributed by atoms with Crippen LogP contribution in [0.2, 0.25) is 5.02 Å². The minimum atomic E-state index is -3.73. The molecule has 37 heavy (non-hydrogen) atoms. The molecule has 0 bridgehead atoms. The molecule has 0 saturated carbocycles. The van der Waals surface area contributed by atoms with Gasteiger partial charge in [-0.3, -0.25) is 14.4 Å². The van der Waals surface area contributed by atoms with Gasteiger partial charge in [0.05, 0.1) is 21.7 Å². The van der Waals surface area contributed by atoms with Crippen LogP contribution in [0.5, 0.6) is 0 Å². The third-order valence-electron chi connectivity index (χ3n) is 5.74. The zero-order chi connectivity index (χ0) is 26.0. The molecule has 1 N–H and O–H groups in total. The molecular formula is C28H22ClN3O3S2. The van der Waals surface area contributed by atoms with Gasteiger partial charge in [-0.2, -0.15) is 0 Å². The molecule has 6 nitrogen and oxygen atoms in total. The topological polar surface area (TPSA) is 79.4 Å². The number of hydrogen-bond donors (Lipinski definition) is 1. The number of fused-ring (bicyclic) bond motifs is 1. The number of hydrogen-bond acceptors (Lipinski definition) is 5. The van der Waals surface area contributed by atoms with Gasteiger partial charge in [0.15, 0.2) is 5.13 Å². The molecule has 0 spiro atoms. The second-order valence-electron chi connectivity index (χ2n) is 8.44. The summed E-state index contributed by atoms with van der Waals surface area (Å²) in [4.78, 5) is 20.3. The SMILES string of the molecule is Cc1cc(Cl)cc2sc(N(Cc3ccccc3)C(=O)c3ccc(NS(=O)(=O)c4ccccc4)cc3)nc12. The fourth-order valence-electron chi connectivity index (χ4n) is 3.90. The molecule has 1 heterocycles. The lowest BCUT2D eigenvalue weighted by molar-refractivity contribution is 0.0985.